The Balaban J connectivity index is 1.35. The molecule has 3 atom stereocenters. The Morgan fingerprint density at radius 3 is 2.00 bits per heavy atom. The molecule has 1 N–H and O–H groups in total. The molecule has 2 saturated carbocycles. The minimum absolute atomic E-state index is 0.0218. The van der Waals surface area contributed by atoms with E-state index in [1.165, 1.54) is 12.1 Å². The van der Waals surface area contributed by atoms with Crippen LogP contribution in [0.25, 0.3) is 0 Å². The number of alkyl halides is 2. The van der Waals surface area contributed by atoms with Crippen LogP contribution in [0.3, 0.4) is 0 Å². The zero-order valence-electron chi connectivity index (χ0n) is 23.6. The van der Waals surface area contributed by atoms with Crippen LogP contribution in [0.1, 0.15) is 84.9 Å². The third-order valence-corrected chi connectivity index (χ3v) is 7.99. The first-order valence-electron chi connectivity index (χ1n) is 14.9. The second-order valence-electron chi connectivity index (χ2n) is 11.2. The molecule has 10 heteroatoms. The van der Waals surface area contributed by atoms with Crippen LogP contribution in [0.2, 0.25) is 0 Å². The predicted octanol–water partition coefficient (Wildman–Crippen LogP) is 6.06. The van der Waals surface area contributed by atoms with E-state index in [-0.39, 0.29) is 29.2 Å². The topological polar surface area (TPSA) is 95.5 Å². The summed E-state index contributed by atoms with van der Waals surface area (Å²) < 4.78 is 54.2. The van der Waals surface area contributed by atoms with Gasteiger partial charge in [-0.1, -0.05) is 74.9 Å². The number of rotatable bonds is 8. The lowest BCUT2D eigenvalue weighted by atomic mass is 9.95. The standard InChI is InChI=1S/C32H38F2N2O6/c33-32(34)27(41-29(38)23-15-7-2-8-16-23)26(21-39-28(37)22-13-5-1-6-14-22)40-30(32)42-31(35-24-17-9-3-10-18-24)36-25-19-11-4-12-20-25/h1-2,5-8,13-16,24-27,30H,3-4,9-12,17-21H2,(H,35,36)/t26-,27-,30?/m1/s1. The Labute approximate surface area is 244 Å². The van der Waals surface area contributed by atoms with Gasteiger partial charge in [0.05, 0.1) is 17.2 Å². The highest BCUT2D eigenvalue weighted by molar-refractivity contribution is 5.90. The minimum atomic E-state index is -3.77. The molecule has 0 bridgehead atoms. The van der Waals surface area contributed by atoms with Crippen molar-refractivity contribution in [3.63, 3.8) is 0 Å². The highest BCUT2D eigenvalue weighted by Gasteiger charge is 2.63. The number of nitrogens with one attached hydrogen (secondary N) is 1. The fraction of sp³-hybridized carbons (Fsp3) is 0.531. The van der Waals surface area contributed by atoms with E-state index in [2.05, 4.69) is 5.32 Å². The fourth-order valence-corrected chi connectivity index (χ4v) is 5.66. The molecule has 3 fully saturated rings. The summed E-state index contributed by atoms with van der Waals surface area (Å²) in [5.41, 5.74) is 0.364. The van der Waals surface area contributed by atoms with Crippen molar-refractivity contribution >= 4 is 18.0 Å². The van der Waals surface area contributed by atoms with Crippen LogP contribution in [0.5, 0.6) is 0 Å². The van der Waals surface area contributed by atoms with Gasteiger partial charge in [0.15, 0.2) is 0 Å². The average molecular weight is 585 g/mol. The van der Waals surface area contributed by atoms with Crippen molar-refractivity contribution in [2.75, 3.05) is 6.61 Å². The number of carbonyl (C=O) groups excluding carboxylic acids is 2. The van der Waals surface area contributed by atoms with Crippen LogP contribution in [-0.4, -0.2) is 61.1 Å². The number of amidine groups is 1. The van der Waals surface area contributed by atoms with Crippen molar-refractivity contribution in [1.29, 1.82) is 0 Å². The molecular formula is C32H38F2N2O6. The maximum Gasteiger partial charge on any atom is 0.347 e. The molecule has 1 heterocycles. The smallest absolute Gasteiger partial charge is 0.347 e. The van der Waals surface area contributed by atoms with Gasteiger partial charge < -0.3 is 24.3 Å². The lowest BCUT2D eigenvalue weighted by Crippen LogP contribution is -2.47. The number of halogens is 2. The van der Waals surface area contributed by atoms with Gasteiger partial charge in [-0.3, -0.25) is 0 Å². The molecule has 0 radical (unpaired) electrons. The normalized spacial score (nSPS) is 25.0. The van der Waals surface area contributed by atoms with Gasteiger partial charge in [0.2, 0.25) is 6.10 Å². The number of ether oxygens (including phenoxy) is 4. The van der Waals surface area contributed by atoms with Gasteiger partial charge in [-0.15, -0.1) is 0 Å². The largest absolute Gasteiger partial charge is 0.459 e. The number of benzene rings is 2. The molecule has 2 aromatic rings. The first kappa shape index (κ1) is 29.9. The fourth-order valence-electron chi connectivity index (χ4n) is 5.66. The van der Waals surface area contributed by atoms with Crippen LogP contribution in [0.15, 0.2) is 65.7 Å². The van der Waals surface area contributed by atoms with Gasteiger partial charge in [-0.25, -0.2) is 14.6 Å². The van der Waals surface area contributed by atoms with E-state index in [1.807, 2.05) is 0 Å². The average Bonchev–Trinajstić information content (AvgIpc) is 3.25. The maximum atomic E-state index is 16.0. The molecular weight excluding hydrogens is 546 g/mol. The van der Waals surface area contributed by atoms with Gasteiger partial charge >= 0.3 is 17.9 Å². The molecule has 0 aromatic heterocycles. The SMILES string of the molecule is O=C(OC[C@H]1OC(OC(=NC2CCCCC2)NC2CCCCC2)C(F)(F)[C@@H]1OC(=O)c1ccccc1)c1ccccc1. The molecule has 2 aliphatic carbocycles. The molecule has 3 aliphatic rings. The summed E-state index contributed by atoms with van der Waals surface area (Å²) >= 11 is 0. The molecule has 2 aromatic carbocycles. The van der Waals surface area contributed by atoms with E-state index >= 15 is 8.78 Å². The van der Waals surface area contributed by atoms with Gasteiger partial charge in [0, 0.05) is 6.04 Å². The van der Waals surface area contributed by atoms with E-state index in [0.29, 0.717) is 0 Å². The van der Waals surface area contributed by atoms with E-state index in [9.17, 15) is 9.59 Å². The lowest BCUT2D eigenvalue weighted by Gasteiger charge is -2.28. The molecule has 1 aliphatic heterocycles. The lowest BCUT2D eigenvalue weighted by molar-refractivity contribution is -0.193. The molecule has 0 amide bonds. The van der Waals surface area contributed by atoms with Crippen LogP contribution in [-0.2, 0) is 18.9 Å². The van der Waals surface area contributed by atoms with Crippen molar-refractivity contribution in [3.05, 3.63) is 71.8 Å². The summed E-state index contributed by atoms with van der Waals surface area (Å²) in [7, 11) is 0. The number of hydrogen-bond donors (Lipinski definition) is 1. The van der Waals surface area contributed by atoms with Gasteiger partial charge in [0.1, 0.15) is 12.7 Å². The summed E-state index contributed by atoms with van der Waals surface area (Å²) in [5, 5.41) is 3.26. The molecule has 1 saturated heterocycles. The Morgan fingerprint density at radius 2 is 1.38 bits per heavy atom. The quantitative estimate of drug-likeness (QED) is 0.229. The van der Waals surface area contributed by atoms with Crippen LogP contribution in [0.4, 0.5) is 8.78 Å². The van der Waals surface area contributed by atoms with Crippen LogP contribution in [0, 0.1) is 0 Å². The van der Waals surface area contributed by atoms with Crippen LogP contribution >= 0.6 is 0 Å². The summed E-state index contributed by atoms with van der Waals surface area (Å²) in [6, 6.07) is 16.1. The number of carbonyl (C=O) groups is 2. The van der Waals surface area contributed by atoms with Gasteiger partial charge in [0.25, 0.3) is 12.3 Å². The van der Waals surface area contributed by atoms with Crippen molar-refractivity contribution in [2.45, 2.75) is 101 Å². The molecule has 226 valence electrons. The third-order valence-electron chi connectivity index (χ3n) is 7.99. The summed E-state index contributed by atoms with van der Waals surface area (Å²) in [6.45, 7) is -0.568. The monoisotopic (exact) mass is 584 g/mol. The second-order valence-corrected chi connectivity index (χ2v) is 11.2. The Kier molecular flexibility index (Phi) is 10.0. The molecule has 8 nitrogen and oxygen atoms in total. The first-order valence-corrected chi connectivity index (χ1v) is 14.9. The number of aliphatic imine (C=N–C) groups is 1. The van der Waals surface area contributed by atoms with Crippen molar-refractivity contribution < 1.29 is 37.3 Å². The minimum Gasteiger partial charge on any atom is -0.459 e. The highest BCUT2D eigenvalue weighted by atomic mass is 19.3. The number of nitrogens with zero attached hydrogens (tertiary/aromatic N) is 1. The molecule has 1 unspecified atom stereocenters. The van der Waals surface area contributed by atoms with E-state index in [0.717, 1.165) is 64.2 Å². The molecule has 42 heavy (non-hydrogen) atoms. The Morgan fingerprint density at radius 1 is 0.810 bits per heavy atom. The van der Waals surface area contributed by atoms with Gasteiger partial charge in [-0.05, 0) is 49.9 Å². The van der Waals surface area contributed by atoms with E-state index in [1.54, 1.807) is 48.5 Å². The molecule has 5 rings (SSSR count). The summed E-state index contributed by atoms with van der Waals surface area (Å²) in [5.74, 6) is -5.42. The maximum absolute atomic E-state index is 16.0. The second kappa shape index (κ2) is 14.1. The van der Waals surface area contributed by atoms with Crippen LogP contribution < -0.4 is 5.32 Å². The Bertz CT molecular complexity index is 1200. The zero-order chi connectivity index (χ0) is 29.4. The predicted molar refractivity (Wildman–Crippen MR) is 151 cm³/mol. The Hall–Kier alpha value is -3.53. The highest BCUT2D eigenvalue weighted by Crippen LogP contribution is 2.40. The number of esters is 2. The first-order chi connectivity index (χ1) is 20.4. The third kappa shape index (κ3) is 7.65. The van der Waals surface area contributed by atoms with Crippen molar-refractivity contribution in [2.24, 2.45) is 4.99 Å². The zero-order valence-corrected chi connectivity index (χ0v) is 23.6. The van der Waals surface area contributed by atoms with E-state index < -0.39 is 43.0 Å². The van der Waals surface area contributed by atoms with E-state index in [4.69, 9.17) is 23.9 Å². The van der Waals surface area contributed by atoms with Crippen molar-refractivity contribution in [3.8, 4) is 0 Å². The molecule has 0 spiro atoms. The van der Waals surface area contributed by atoms with Crippen molar-refractivity contribution in [1.82, 2.24) is 5.32 Å². The summed E-state index contributed by atoms with van der Waals surface area (Å²) in [4.78, 5) is 30.1. The summed E-state index contributed by atoms with van der Waals surface area (Å²) in [6.07, 6.45) is 4.23. The van der Waals surface area contributed by atoms with Gasteiger partial charge in [-0.2, -0.15) is 8.78 Å². The number of hydrogen-bond acceptors (Lipinski definition) is 7.